The Bertz CT molecular complexity index is 965. The highest BCUT2D eigenvalue weighted by atomic mass is 16.7. The highest BCUT2D eigenvalue weighted by molar-refractivity contribution is 6.02. The predicted molar refractivity (Wildman–Crippen MR) is 96.6 cm³/mol. The van der Waals surface area contributed by atoms with Gasteiger partial charge in [0.1, 0.15) is 23.9 Å². The third kappa shape index (κ3) is 3.82. The second-order valence-corrected chi connectivity index (χ2v) is 5.76. The van der Waals surface area contributed by atoms with Crippen LogP contribution in [0.3, 0.4) is 0 Å². The van der Waals surface area contributed by atoms with E-state index in [9.17, 15) is 4.79 Å². The lowest BCUT2D eigenvalue weighted by molar-refractivity contribution is 0.0992. The number of furan rings is 1. The van der Waals surface area contributed by atoms with E-state index < -0.39 is 0 Å². The molecule has 138 valence electrons. The zero-order valence-corrected chi connectivity index (χ0v) is 14.6. The van der Waals surface area contributed by atoms with E-state index in [0.717, 1.165) is 0 Å². The summed E-state index contributed by atoms with van der Waals surface area (Å²) < 4.78 is 27.0. The van der Waals surface area contributed by atoms with Gasteiger partial charge in [-0.25, -0.2) is 0 Å². The Balaban J connectivity index is 1.37. The molecule has 7 heteroatoms. The number of rotatable bonds is 6. The topological polar surface area (TPSA) is 79.2 Å². The molecule has 2 heterocycles. The maximum atomic E-state index is 12.3. The van der Waals surface area contributed by atoms with Crippen LogP contribution in [0.5, 0.6) is 23.0 Å². The molecule has 0 spiro atoms. The van der Waals surface area contributed by atoms with Gasteiger partial charge in [0.15, 0.2) is 17.3 Å². The van der Waals surface area contributed by atoms with Crippen LogP contribution in [0.15, 0.2) is 59.0 Å². The number of methoxy groups -OCH3 is 1. The minimum Gasteiger partial charge on any atom is -0.497 e. The Labute approximate surface area is 155 Å². The maximum absolute atomic E-state index is 12.3. The molecule has 2 aromatic carbocycles. The van der Waals surface area contributed by atoms with Gasteiger partial charge in [-0.15, -0.1) is 0 Å². The summed E-state index contributed by atoms with van der Waals surface area (Å²) in [5.41, 5.74) is 0.619. The van der Waals surface area contributed by atoms with Gasteiger partial charge in [0.05, 0.1) is 7.11 Å². The predicted octanol–water partition coefficient (Wildman–Crippen LogP) is 3.85. The summed E-state index contributed by atoms with van der Waals surface area (Å²) in [5.74, 6) is 2.99. The highest BCUT2D eigenvalue weighted by Gasteiger charge is 2.15. The van der Waals surface area contributed by atoms with Crippen molar-refractivity contribution < 1.29 is 28.2 Å². The van der Waals surface area contributed by atoms with Crippen LogP contribution in [0, 0.1) is 0 Å². The van der Waals surface area contributed by atoms with Gasteiger partial charge in [-0.1, -0.05) is 6.07 Å². The van der Waals surface area contributed by atoms with E-state index in [0.29, 0.717) is 34.4 Å². The molecule has 1 amide bonds. The second kappa shape index (κ2) is 7.33. The van der Waals surface area contributed by atoms with Crippen LogP contribution in [0.2, 0.25) is 0 Å². The molecule has 1 aromatic heterocycles. The smallest absolute Gasteiger partial charge is 0.291 e. The average molecular weight is 367 g/mol. The molecule has 4 rings (SSSR count). The summed E-state index contributed by atoms with van der Waals surface area (Å²) in [6.45, 7) is 0.398. The number of carbonyl (C=O) groups is 1. The minimum absolute atomic E-state index is 0.187. The molecule has 3 aromatic rings. The Morgan fingerprint density at radius 1 is 1.04 bits per heavy atom. The first-order valence-electron chi connectivity index (χ1n) is 8.28. The number of ether oxygens (including phenoxy) is 4. The molecule has 1 N–H and O–H groups in total. The Morgan fingerprint density at radius 3 is 2.81 bits per heavy atom. The van der Waals surface area contributed by atoms with E-state index in [1.807, 2.05) is 0 Å². The van der Waals surface area contributed by atoms with Crippen molar-refractivity contribution in [1.29, 1.82) is 0 Å². The number of benzene rings is 2. The minimum atomic E-state index is -0.349. The monoisotopic (exact) mass is 367 g/mol. The number of anilines is 1. The van der Waals surface area contributed by atoms with Gasteiger partial charge in [0.25, 0.3) is 5.91 Å². The van der Waals surface area contributed by atoms with Crippen molar-refractivity contribution in [3.8, 4) is 23.0 Å². The van der Waals surface area contributed by atoms with Crippen molar-refractivity contribution in [2.24, 2.45) is 0 Å². The number of nitrogens with one attached hydrogen (secondary N) is 1. The highest BCUT2D eigenvalue weighted by Crippen LogP contribution is 2.35. The molecule has 1 aliphatic rings. The summed E-state index contributed by atoms with van der Waals surface area (Å²) in [6, 6.07) is 15.7. The molecule has 7 nitrogen and oxygen atoms in total. The Morgan fingerprint density at radius 2 is 1.93 bits per heavy atom. The first kappa shape index (κ1) is 16.8. The molecule has 0 aliphatic carbocycles. The van der Waals surface area contributed by atoms with Crippen molar-refractivity contribution in [3.05, 3.63) is 66.1 Å². The fraction of sp³-hybridized carbons (Fsp3) is 0.150. The lowest BCUT2D eigenvalue weighted by Crippen LogP contribution is -2.10. The van der Waals surface area contributed by atoms with Crippen molar-refractivity contribution in [1.82, 2.24) is 0 Å². The number of fused-ring (bicyclic) bond motifs is 1. The van der Waals surface area contributed by atoms with E-state index in [-0.39, 0.29) is 25.1 Å². The number of amides is 1. The van der Waals surface area contributed by atoms with Crippen LogP contribution in [0.4, 0.5) is 5.69 Å². The van der Waals surface area contributed by atoms with Crippen molar-refractivity contribution in [3.63, 3.8) is 0 Å². The molecule has 0 unspecified atom stereocenters. The van der Waals surface area contributed by atoms with Gasteiger partial charge < -0.3 is 28.7 Å². The Kier molecular flexibility index (Phi) is 4.57. The molecule has 0 saturated carbocycles. The molecular formula is C20H17NO6. The summed E-state index contributed by atoms with van der Waals surface area (Å²) in [4.78, 5) is 12.3. The SMILES string of the molecule is COc1cccc(NC(=O)c2ccc(COc3ccc4c(c3)OCO4)o2)c1. The number of hydrogen-bond acceptors (Lipinski definition) is 6. The lowest BCUT2D eigenvalue weighted by atomic mass is 10.3. The first-order valence-corrected chi connectivity index (χ1v) is 8.28. The largest absolute Gasteiger partial charge is 0.497 e. The molecule has 0 fully saturated rings. The number of hydrogen-bond donors (Lipinski definition) is 1. The zero-order chi connectivity index (χ0) is 18.6. The van der Waals surface area contributed by atoms with Crippen molar-refractivity contribution in [2.75, 3.05) is 19.2 Å². The van der Waals surface area contributed by atoms with E-state index in [1.165, 1.54) is 0 Å². The Hall–Kier alpha value is -3.61. The average Bonchev–Trinajstić information content (AvgIpc) is 3.35. The molecule has 0 bridgehead atoms. The fourth-order valence-corrected chi connectivity index (χ4v) is 2.59. The van der Waals surface area contributed by atoms with Gasteiger partial charge in [0.2, 0.25) is 6.79 Å². The first-order chi connectivity index (χ1) is 13.2. The molecule has 0 atom stereocenters. The van der Waals surface area contributed by atoms with Crippen LogP contribution in [0.25, 0.3) is 0 Å². The second-order valence-electron chi connectivity index (χ2n) is 5.76. The van der Waals surface area contributed by atoms with Gasteiger partial charge in [0, 0.05) is 17.8 Å². The number of carbonyl (C=O) groups excluding carboxylic acids is 1. The summed E-state index contributed by atoms with van der Waals surface area (Å²) >= 11 is 0. The van der Waals surface area contributed by atoms with Crippen LogP contribution in [-0.4, -0.2) is 19.8 Å². The maximum Gasteiger partial charge on any atom is 0.291 e. The van der Waals surface area contributed by atoms with Gasteiger partial charge in [-0.05, 0) is 36.4 Å². The summed E-state index contributed by atoms with van der Waals surface area (Å²) in [5, 5.41) is 2.76. The third-order valence-corrected chi connectivity index (χ3v) is 3.94. The normalized spacial score (nSPS) is 11.9. The van der Waals surface area contributed by atoms with E-state index in [2.05, 4.69) is 5.32 Å². The molecule has 0 saturated heterocycles. The van der Waals surface area contributed by atoms with Crippen molar-refractivity contribution >= 4 is 11.6 Å². The van der Waals surface area contributed by atoms with Gasteiger partial charge in [-0.2, -0.15) is 0 Å². The molecule has 27 heavy (non-hydrogen) atoms. The van der Waals surface area contributed by atoms with E-state index in [4.69, 9.17) is 23.4 Å². The van der Waals surface area contributed by atoms with Crippen LogP contribution < -0.4 is 24.3 Å². The van der Waals surface area contributed by atoms with Gasteiger partial charge >= 0.3 is 0 Å². The van der Waals surface area contributed by atoms with E-state index >= 15 is 0 Å². The zero-order valence-electron chi connectivity index (χ0n) is 14.6. The van der Waals surface area contributed by atoms with Crippen molar-refractivity contribution in [2.45, 2.75) is 6.61 Å². The summed E-state index contributed by atoms with van der Waals surface area (Å²) in [6.07, 6.45) is 0. The standard InChI is InChI=1S/C20H17NO6/c1-23-14-4-2-3-13(9-14)21-20(22)18-8-6-16(27-18)11-24-15-5-7-17-19(10-15)26-12-25-17/h2-10H,11-12H2,1H3,(H,21,22). The molecule has 1 aliphatic heterocycles. The van der Waals surface area contributed by atoms with Gasteiger partial charge in [-0.3, -0.25) is 4.79 Å². The third-order valence-electron chi connectivity index (χ3n) is 3.94. The van der Waals surface area contributed by atoms with Crippen LogP contribution in [-0.2, 0) is 6.61 Å². The summed E-state index contributed by atoms with van der Waals surface area (Å²) in [7, 11) is 1.57. The molecule has 0 radical (unpaired) electrons. The van der Waals surface area contributed by atoms with Crippen LogP contribution in [0.1, 0.15) is 16.3 Å². The quantitative estimate of drug-likeness (QED) is 0.713. The van der Waals surface area contributed by atoms with E-state index in [1.54, 1.807) is 61.7 Å². The fourth-order valence-electron chi connectivity index (χ4n) is 2.59. The molecular weight excluding hydrogens is 350 g/mol. The van der Waals surface area contributed by atoms with Crippen LogP contribution >= 0.6 is 0 Å². The lowest BCUT2D eigenvalue weighted by Gasteiger charge is -2.06.